The van der Waals surface area contributed by atoms with Gasteiger partial charge < -0.3 is 4.74 Å². The number of ether oxygens (including phenoxy) is 1. The van der Waals surface area contributed by atoms with Crippen molar-refractivity contribution in [1.29, 1.82) is 0 Å². The lowest BCUT2D eigenvalue weighted by atomic mass is 9.86. The molecule has 0 N–H and O–H groups in total. The molecule has 0 bridgehead atoms. The molecule has 0 aliphatic heterocycles. The molecular formula is C17H9F23O2. The van der Waals surface area contributed by atoms with Crippen LogP contribution in [-0.4, -0.2) is 72.1 Å². The number of hydrogen-bond acceptors (Lipinski definition) is 2. The Kier molecular flexibility index (Phi) is 10.0. The lowest BCUT2D eigenvalue weighted by molar-refractivity contribution is -0.469. The first-order valence-electron chi connectivity index (χ1n) is 9.52. The summed E-state index contributed by atoms with van der Waals surface area (Å²) in [6.45, 7) is 2.68. The van der Waals surface area contributed by atoms with Crippen LogP contribution in [0.15, 0.2) is 12.2 Å². The first-order chi connectivity index (χ1) is 17.8. The van der Waals surface area contributed by atoms with Gasteiger partial charge in [-0.1, -0.05) is 6.58 Å². The third kappa shape index (κ3) is 6.00. The van der Waals surface area contributed by atoms with E-state index in [1.165, 1.54) is 0 Å². The van der Waals surface area contributed by atoms with E-state index in [0.29, 0.717) is 0 Å². The van der Waals surface area contributed by atoms with Crippen LogP contribution >= 0.6 is 0 Å². The number of alkyl halides is 23. The number of halogens is 23. The van der Waals surface area contributed by atoms with Crippen LogP contribution in [0.2, 0.25) is 0 Å². The van der Waals surface area contributed by atoms with Gasteiger partial charge in [-0.05, 0) is 6.92 Å². The van der Waals surface area contributed by atoms with Crippen molar-refractivity contribution in [2.24, 2.45) is 5.92 Å². The second kappa shape index (κ2) is 10.6. The summed E-state index contributed by atoms with van der Waals surface area (Å²) in [6, 6.07) is 0. The van der Waals surface area contributed by atoms with Crippen LogP contribution in [0.25, 0.3) is 0 Å². The van der Waals surface area contributed by atoms with Gasteiger partial charge in [0.2, 0.25) is 0 Å². The zero-order valence-corrected chi connectivity index (χ0v) is 19.1. The fourth-order valence-corrected chi connectivity index (χ4v) is 2.45. The van der Waals surface area contributed by atoms with E-state index in [9.17, 15) is 106 Å². The predicted molar refractivity (Wildman–Crippen MR) is 85.6 cm³/mol. The van der Waals surface area contributed by atoms with Crippen LogP contribution in [0.4, 0.5) is 101 Å². The third-order valence-electron chi connectivity index (χ3n) is 4.95. The fourth-order valence-electron chi connectivity index (χ4n) is 2.45. The molecular weight excluding hydrogens is 673 g/mol. The Balaban J connectivity index is 6.93. The summed E-state index contributed by atoms with van der Waals surface area (Å²) in [6.07, 6.45) is -31.3. The lowest BCUT2D eigenvalue weighted by Crippen LogP contribution is -2.75. The lowest BCUT2D eigenvalue weighted by Gasteiger charge is -2.43. The number of hydrogen-bond donors (Lipinski definition) is 0. The maximum absolute atomic E-state index is 13.7. The van der Waals surface area contributed by atoms with E-state index in [2.05, 4.69) is 11.3 Å². The molecule has 250 valence electrons. The van der Waals surface area contributed by atoms with E-state index >= 15 is 0 Å². The van der Waals surface area contributed by atoms with Gasteiger partial charge in [0.25, 0.3) is 0 Å². The molecule has 0 aromatic carbocycles. The molecule has 0 spiro atoms. The Bertz CT molecular complexity index is 989. The number of carbonyl (C=O) groups is 1. The summed E-state index contributed by atoms with van der Waals surface area (Å²) < 4.78 is 308. The second-order valence-electron chi connectivity index (χ2n) is 8.10. The van der Waals surface area contributed by atoms with E-state index in [0.717, 1.165) is 0 Å². The zero-order valence-electron chi connectivity index (χ0n) is 19.1. The van der Waals surface area contributed by atoms with Gasteiger partial charge in [-0.15, -0.1) is 0 Å². The minimum Gasteiger partial charge on any atom is -0.393 e. The normalized spacial score (nSPS) is 16.5. The van der Waals surface area contributed by atoms with Crippen molar-refractivity contribution in [2.75, 3.05) is 0 Å². The van der Waals surface area contributed by atoms with E-state index in [-0.39, 0.29) is 6.92 Å². The van der Waals surface area contributed by atoms with E-state index in [1.807, 2.05) is 0 Å². The molecule has 0 aromatic rings. The van der Waals surface area contributed by atoms with Crippen LogP contribution < -0.4 is 0 Å². The maximum atomic E-state index is 13.7. The van der Waals surface area contributed by atoms with Gasteiger partial charge in [0.05, 0.1) is 0 Å². The molecule has 0 fully saturated rings. The van der Waals surface area contributed by atoms with Crippen LogP contribution in [0.5, 0.6) is 0 Å². The van der Waals surface area contributed by atoms with Crippen LogP contribution in [0.3, 0.4) is 0 Å². The Morgan fingerprint density at radius 1 is 0.571 bits per heavy atom. The molecule has 0 saturated heterocycles. The zero-order chi connectivity index (χ0) is 34.7. The summed E-state index contributed by atoms with van der Waals surface area (Å²) in [5.41, 5.74) is -1.43. The van der Waals surface area contributed by atoms with Gasteiger partial charge in [-0.25, -0.2) is 9.18 Å². The summed E-state index contributed by atoms with van der Waals surface area (Å²) in [5, 5.41) is 0. The van der Waals surface area contributed by atoms with Gasteiger partial charge >= 0.3 is 65.9 Å². The minimum atomic E-state index is -9.17. The molecule has 42 heavy (non-hydrogen) atoms. The average molecular weight is 682 g/mol. The average Bonchev–Trinajstić information content (AvgIpc) is 2.73. The number of carbonyl (C=O) groups excluding carboxylic acids is 1. The van der Waals surface area contributed by atoms with Gasteiger partial charge in [0.15, 0.2) is 12.1 Å². The first-order valence-corrected chi connectivity index (χ1v) is 9.52. The summed E-state index contributed by atoms with van der Waals surface area (Å²) >= 11 is 0. The van der Waals surface area contributed by atoms with Crippen LogP contribution in [0.1, 0.15) is 13.3 Å². The van der Waals surface area contributed by atoms with Crippen molar-refractivity contribution in [3.05, 3.63) is 12.2 Å². The maximum Gasteiger partial charge on any atom is 0.473 e. The molecule has 0 amide bonds. The molecule has 0 heterocycles. The SMILES string of the molecule is C=C(C)C(=O)OC(F)(F)C(F)(F)C(F)(F)C(F)(F)C(F)(F)C(F)(F)C(F)(F)C(F)(F)C(F)CC(C(F)(F)F)C(F)(F)F. The van der Waals surface area contributed by atoms with E-state index in [4.69, 9.17) is 0 Å². The van der Waals surface area contributed by atoms with Gasteiger partial charge in [-0.2, -0.15) is 96.6 Å². The number of esters is 1. The molecule has 0 aliphatic rings. The summed E-state index contributed by atoms with van der Waals surface area (Å²) in [5.74, 6) is -69.7. The van der Waals surface area contributed by atoms with Gasteiger partial charge in [0, 0.05) is 12.0 Å². The van der Waals surface area contributed by atoms with Crippen molar-refractivity contribution in [1.82, 2.24) is 0 Å². The molecule has 0 radical (unpaired) electrons. The van der Waals surface area contributed by atoms with E-state index in [1.54, 1.807) is 0 Å². The van der Waals surface area contributed by atoms with Crippen molar-refractivity contribution in [3.63, 3.8) is 0 Å². The molecule has 0 rings (SSSR count). The highest BCUT2D eigenvalue weighted by Crippen LogP contribution is 2.64. The highest BCUT2D eigenvalue weighted by Gasteiger charge is 2.96. The molecule has 25 heteroatoms. The highest BCUT2D eigenvalue weighted by atomic mass is 19.4. The van der Waals surface area contributed by atoms with E-state index < -0.39 is 90.0 Å². The smallest absolute Gasteiger partial charge is 0.393 e. The molecule has 0 aliphatic carbocycles. The van der Waals surface area contributed by atoms with Gasteiger partial charge in [-0.3, -0.25) is 0 Å². The monoisotopic (exact) mass is 682 g/mol. The fraction of sp³-hybridized carbons (Fsp3) is 0.824. The minimum absolute atomic E-state index is 0.282. The van der Waals surface area contributed by atoms with Crippen molar-refractivity contribution in [2.45, 2.75) is 79.4 Å². The quantitative estimate of drug-likeness (QED) is 0.117. The Labute approximate surface area is 215 Å². The Morgan fingerprint density at radius 3 is 1.14 bits per heavy atom. The standard InChI is InChI=1S/C17H9F23O2/c1-4(2)7(41)42-17(39,40)16(37,38)15(35,36)14(33,34)13(31,32)12(29,30)11(27,28)8(19,20)6(18)3-5(9(21,22)23)10(24,25)26/h5-6H,1,3H2,2H3. The predicted octanol–water partition coefficient (Wildman–Crippen LogP) is 8.61. The van der Waals surface area contributed by atoms with Crippen LogP contribution in [0, 0.1) is 5.92 Å². The van der Waals surface area contributed by atoms with Gasteiger partial charge in [0.1, 0.15) is 0 Å². The van der Waals surface area contributed by atoms with Crippen molar-refractivity contribution >= 4 is 5.97 Å². The first kappa shape index (κ1) is 39.6. The van der Waals surface area contributed by atoms with Crippen molar-refractivity contribution < 1.29 is 111 Å². The van der Waals surface area contributed by atoms with Crippen molar-refractivity contribution in [3.8, 4) is 0 Å². The Morgan fingerprint density at radius 2 is 0.857 bits per heavy atom. The summed E-state index contributed by atoms with van der Waals surface area (Å²) in [4.78, 5) is 10.8. The Hall–Kier alpha value is -2.40. The highest BCUT2D eigenvalue weighted by molar-refractivity contribution is 5.87. The molecule has 1 unspecified atom stereocenters. The largest absolute Gasteiger partial charge is 0.473 e. The molecule has 2 nitrogen and oxygen atoms in total. The molecule has 1 atom stereocenters. The van der Waals surface area contributed by atoms with Crippen LogP contribution in [-0.2, 0) is 9.53 Å². The second-order valence-corrected chi connectivity index (χ2v) is 8.10. The third-order valence-corrected chi connectivity index (χ3v) is 4.95. The molecule has 0 aromatic heterocycles. The number of rotatable bonds is 12. The molecule has 0 saturated carbocycles. The summed E-state index contributed by atoms with van der Waals surface area (Å²) in [7, 11) is 0. The topological polar surface area (TPSA) is 26.3 Å².